The monoisotopic (exact) mass is 324 g/mol. The molecule has 0 radical (unpaired) electrons. The molecule has 7 nitrogen and oxygen atoms in total. The van der Waals surface area contributed by atoms with Gasteiger partial charge in [0.15, 0.2) is 12.6 Å². The van der Waals surface area contributed by atoms with Crippen molar-refractivity contribution in [3.63, 3.8) is 0 Å². The van der Waals surface area contributed by atoms with Crippen LogP contribution in [0.1, 0.15) is 12.8 Å². The number of nitrogens with one attached hydrogen (secondary N) is 1. The van der Waals surface area contributed by atoms with Crippen LogP contribution in [0.15, 0.2) is 24.3 Å². The van der Waals surface area contributed by atoms with Crippen molar-refractivity contribution < 1.29 is 28.6 Å². The number of ether oxygens (including phenoxy) is 1. The summed E-state index contributed by atoms with van der Waals surface area (Å²) in [4.78, 5) is 35.5. The normalized spacial score (nSPS) is 15.3. The van der Waals surface area contributed by atoms with Gasteiger partial charge in [0.25, 0.3) is 5.91 Å². The molecule has 0 saturated carbocycles. The van der Waals surface area contributed by atoms with E-state index in [0.29, 0.717) is 24.4 Å². The molecule has 1 aliphatic heterocycles. The topological polar surface area (TPSA) is 95.9 Å². The first-order valence-electron chi connectivity index (χ1n) is 7.12. The van der Waals surface area contributed by atoms with Crippen LogP contribution in [0, 0.1) is 0 Å². The molecule has 0 bridgehead atoms. The van der Waals surface area contributed by atoms with Crippen LogP contribution in [0.3, 0.4) is 0 Å². The van der Waals surface area contributed by atoms with Crippen LogP contribution in [0.4, 0.5) is 10.1 Å². The lowest BCUT2D eigenvalue weighted by Crippen LogP contribution is -2.44. The molecular weight excluding hydrogens is 307 g/mol. The maximum atomic E-state index is 12.4. The molecule has 2 amide bonds. The molecule has 1 aliphatic rings. The summed E-state index contributed by atoms with van der Waals surface area (Å²) in [6.45, 7) is -1.01. The highest BCUT2D eigenvalue weighted by Gasteiger charge is 2.22. The van der Waals surface area contributed by atoms with Gasteiger partial charge in [-0.1, -0.05) is 6.07 Å². The van der Waals surface area contributed by atoms with E-state index in [4.69, 9.17) is 9.84 Å². The van der Waals surface area contributed by atoms with Crippen LogP contribution in [0.25, 0.3) is 0 Å². The summed E-state index contributed by atoms with van der Waals surface area (Å²) in [5, 5.41) is 10.7. The molecular formula is C15H17FN2O5. The number of carboxylic acid groups (broad SMARTS) is 1. The third kappa shape index (κ3) is 4.41. The summed E-state index contributed by atoms with van der Waals surface area (Å²) in [6.07, 6.45) is 1.30. The smallest absolute Gasteiger partial charge is 0.328 e. The Labute approximate surface area is 132 Å². The van der Waals surface area contributed by atoms with Crippen LogP contribution in [0.2, 0.25) is 0 Å². The first-order valence-corrected chi connectivity index (χ1v) is 7.12. The Morgan fingerprint density at radius 1 is 1.43 bits per heavy atom. The quantitative estimate of drug-likeness (QED) is 0.771. The number of rotatable bonds is 7. The Bertz CT molecular complexity index is 607. The Kier molecular flexibility index (Phi) is 5.51. The molecule has 8 heteroatoms. The summed E-state index contributed by atoms with van der Waals surface area (Å²) in [7, 11) is 0. The van der Waals surface area contributed by atoms with E-state index in [-0.39, 0.29) is 5.91 Å². The maximum absolute atomic E-state index is 12.4. The Balaban J connectivity index is 1.92. The second-order valence-corrected chi connectivity index (χ2v) is 5.05. The summed E-state index contributed by atoms with van der Waals surface area (Å²) in [5.41, 5.74) is 0.678. The van der Waals surface area contributed by atoms with Gasteiger partial charge in [-0.05, 0) is 18.6 Å². The summed E-state index contributed by atoms with van der Waals surface area (Å²) >= 11 is 0. The van der Waals surface area contributed by atoms with Crippen molar-refractivity contribution in [2.24, 2.45) is 0 Å². The highest BCUT2D eigenvalue weighted by molar-refractivity contribution is 5.95. The predicted octanol–water partition coefficient (Wildman–Crippen LogP) is 0.731. The lowest BCUT2D eigenvalue weighted by molar-refractivity contribution is -0.142. The number of anilines is 1. The number of carbonyl (C=O) groups is 3. The van der Waals surface area contributed by atoms with Gasteiger partial charge in [-0.25, -0.2) is 9.18 Å². The molecule has 1 aromatic carbocycles. The minimum Gasteiger partial charge on any atom is -0.484 e. The van der Waals surface area contributed by atoms with E-state index in [1.54, 1.807) is 29.2 Å². The van der Waals surface area contributed by atoms with Gasteiger partial charge in [0.05, 0.1) is 0 Å². The number of carboxylic acids is 1. The van der Waals surface area contributed by atoms with Gasteiger partial charge in [0.2, 0.25) is 5.91 Å². The van der Waals surface area contributed by atoms with E-state index in [0.717, 1.165) is 6.42 Å². The zero-order valence-electron chi connectivity index (χ0n) is 12.3. The largest absolute Gasteiger partial charge is 0.484 e. The number of benzene rings is 1. The maximum Gasteiger partial charge on any atom is 0.328 e. The molecule has 1 fully saturated rings. The number of carbonyl (C=O) groups excluding carboxylic acids is 2. The first-order chi connectivity index (χ1) is 11.0. The van der Waals surface area contributed by atoms with Crippen molar-refractivity contribution in [2.75, 3.05) is 24.7 Å². The molecule has 1 unspecified atom stereocenters. The molecule has 2 rings (SSSR count). The first kappa shape index (κ1) is 16.7. The molecule has 1 aromatic rings. The average Bonchev–Trinajstić information content (AvgIpc) is 2.96. The van der Waals surface area contributed by atoms with E-state index < -0.39 is 31.2 Å². The SMILES string of the molecule is O=C(COc1cccc(N2CCCC2=O)c1)NC(CF)C(=O)O. The number of aliphatic carboxylic acids is 1. The zero-order chi connectivity index (χ0) is 16.8. The number of amides is 2. The minimum absolute atomic E-state index is 0.0344. The number of nitrogens with zero attached hydrogens (tertiary/aromatic N) is 1. The predicted molar refractivity (Wildman–Crippen MR) is 79.1 cm³/mol. The average molecular weight is 324 g/mol. The van der Waals surface area contributed by atoms with Crippen LogP contribution in [-0.4, -0.2) is 48.8 Å². The van der Waals surface area contributed by atoms with Gasteiger partial charge >= 0.3 is 5.97 Å². The summed E-state index contributed by atoms with van der Waals surface area (Å²) in [5.74, 6) is -1.79. The highest BCUT2D eigenvalue weighted by atomic mass is 19.1. The molecule has 124 valence electrons. The van der Waals surface area contributed by atoms with Crippen molar-refractivity contribution in [3.05, 3.63) is 24.3 Å². The fourth-order valence-corrected chi connectivity index (χ4v) is 2.21. The van der Waals surface area contributed by atoms with E-state index >= 15 is 0 Å². The molecule has 0 aliphatic carbocycles. The van der Waals surface area contributed by atoms with Gasteiger partial charge in [-0.2, -0.15) is 0 Å². The molecule has 0 spiro atoms. The van der Waals surface area contributed by atoms with Gasteiger partial charge < -0.3 is 20.1 Å². The van der Waals surface area contributed by atoms with Crippen LogP contribution in [-0.2, 0) is 14.4 Å². The molecule has 23 heavy (non-hydrogen) atoms. The highest BCUT2D eigenvalue weighted by Crippen LogP contribution is 2.25. The fraction of sp³-hybridized carbons (Fsp3) is 0.400. The number of hydrogen-bond donors (Lipinski definition) is 2. The Hall–Kier alpha value is -2.64. The van der Waals surface area contributed by atoms with Gasteiger partial charge in [0.1, 0.15) is 12.4 Å². The minimum atomic E-state index is -1.58. The second kappa shape index (κ2) is 7.57. The zero-order valence-corrected chi connectivity index (χ0v) is 12.3. The van der Waals surface area contributed by atoms with Gasteiger partial charge in [-0.3, -0.25) is 9.59 Å². The molecule has 0 aromatic heterocycles. The number of alkyl halides is 1. The standard InChI is InChI=1S/C15H17FN2O5/c16-8-12(15(21)22)17-13(19)9-23-11-4-1-3-10(7-11)18-6-2-5-14(18)20/h1,3-4,7,12H,2,5-6,8-9H2,(H,17,19)(H,21,22). The fourth-order valence-electron chi connectivity index (χ4n) is 2.21. The van der Waals surface area contributed by atoms with E-state index in [1.807, 2.05) is 5.32 Å². The van der Waals surface area contributed by atoms with Crippen molar-refractivity contribution in [3.8, 4) is 5.75 Å². The third-order valence-corrected chi connectivity index (χ3v) is 3.36. The number of halogens is 1. The van der Waals surface area contributed by atoms with Crippen LogP contribution >= 0.6 is 0 Å². The number of hydrogen-bond acceptors (Lipinski definition) is 4. The van der Waals surface area contributed by atoms with Gasteiger partial charge in [0, 0.05) is 24.7 Å². The van der Waals surface area contributed by atoms with E-state index in [2.05, 4.69) is 0 Å². The molecule has 2 N–H and O–H groups in total. The second-order valence-electron chi connectivity index (χ2n) is 5.05. The molecule has 1 saturated heterocycles. The van der Waals surface area contributed by atoms with Crippen LogP contribution in [0.5, 0.6) is 5.75 Å². The summed E-state index contributed by atoms with van der Waals surface area (Å²) < 4.78 is 17.7. The van der Waals surface area contributed by atoms with Gasteiger partial charge in [-0.15, -0.1) is 0 Å². The Morgan fingerprint density at radius 2 is 2.22 bits per heavy atom. The van der Waals surface area contributed by atoms with Crippen LogP contribution < -0.4 is 15.0 Å². The third-order valence-electron chi connectivity index (χ3n) is 3.36. The van der Waals surface area contributed by atoms with Crippen molar-refractivity contribution in [1.82, 2.24) is 5.32 Å². The lowest BCUT2D eigenvalue weighted by atomic mass is 10.3. The Morgan fingerprint density at radius 3 is 2.83 bits per heavy atom. The van der Waals surface area contributed by atoms with Crippen molar-refractivity contribution >= 4 is 23.5 Å². The van der Waals surface area contributed by atoms with Crippen molar-refractivity contribution in [2.45, 2.75) is 18.9 Å². The molecule has 1 atom stereocenters. The lowest BCUT2D eigenvalue weighted by Gasteiger charge is -2.17. The summed E-state index contributed by atoms with van der Waals surface area (Å²) in [6, 6.07) is 5.11. The van der Waals surface area contributed by atoms with E-state index in [9.17, 15) is 18.8 Å². The van der Waals surface area contributed by atoms with E-state index in [1.165, 1.54) is 0 Å². The van der Waals surface area contributed by atoms with Crippen molar-refractivity contribution in [1.29, 1.82) is 0 Å². The molecule has 1 heterocycles.